The number of carbonyl (C=O) groups is 1. The van der Waals surface area contributed by atoms with Crippen LogP contribution in [0.2, 0.25) is 0 Å². The van der Waals surface area contributed by atoms with Crippen LogP contribution in [0.25, 0.3) is 11.4 Å². The Bertz CT molecular complexity index is 570. The van der Waals surface area contributed by atoms with E-state index in [1.165, 1.54) is 16.8 Å². The smallest absolute Gasteiger partial charge is 0.305 e. The minimum Gasteiger partial charge on any atom is -0.481 e. The van der Waals surface area contributed by atoms with Gasteiger partial charge < -0.3 is 5.11 Å². The van der Waals surface area contributed by atoms with Crippen molar-refractivity contribution >= 4 is 5.97 Å². The van der Waals surface area contributed by atoms with Crippen LogP contribution in [0.15, 0.2) is 24.3 Å². The summed E-state index contributed by atoms with van der Waals surface area (Å²) < 4.78 is 14.5. The average Bonchev–Trinajstić information content (AvgIpc) is 2.76. The molecule has 1 N–H and O–H groups in total. The molecule has 0 bridgehead atoms. The molecule has 1 unspecified atom stereocenters. The third-order valence-electron chi connectivity index (χ3n) is 2.46. The van der Waals surface area contributed by atoms with E-state index in [1.54, 1.807) is 19.1 Å². The Hall–Kier alpha value is -2.31. The minimum absolute atomic E-state index is 0.104. The van der Waals surface area contributed by atoms with Gasteiger partial charge in [-0.15, -0.1) is 5.10 Å². The summed E-state index contributed by atoms with van der Waals surface area (Å²) in [5.41, 5.74) is 0.511. The number of nitrogens with zero attached hydrogens (tertiary/aromatic N) is 4. The lowest BCUT2D eigenvalue weighted by Crippen LogP contribution is -2.13. The van der Waals surface area contributed by atoms with E-state index in [9.17, 15) is 9.18 Å². The molecular formula is C11H11FN4O2. The van der Waals surface area contributed by atoms with E-state index >= 15 is 0 Å². The van der Waals surface area contributed by atoms with Crippen molar-refractivity contribution < 1.29 is 14.3 Å². The molecule has 6 nitrogen and oxygen atoms in total. The first kappa shape index (κ1) is 12.2. The molecule has 2 rings (SSSR count). The largest absolute Gasteiger partial charge is 0.481 e. The molecular weight excluding hydrogens is 239 g/mol. The van der Waals surface area contributed by atoms with Crippen LogP contribution >= 0.6 is 0 Å². The third kappa shape index (κ3) is 2.50. The van der Waals surface area contributed by atoms with Crippen LogP contribution < -0.4 is 0 Å². The molecule has 0 fully saturated rings. The molecule has 0 aliphatic carbocycles. The van der Waals surface area contributed by atoms with Crippen LogP contribution in [-0.4, -0.2) is 31.3 Å². The number of aromatic nitrogens is 4. The molecule has 2 aromatic rings. The average molecular weight is 250 g/mol. The van der Waals surface area contributed by atoms with E-state index < -0.39 is 17.8 Å². The van der Waals surface area contributed by atoms with Gasteiger partial charge in [-0.05, 0) is 29.5 Å². The molecule has 1 aromatic heterocycles. The SMILES string of the molecule is CC(CC(=O)O)n1nnnc1-c1cccc(F)c1. The van der Waals surface area contributed by atoms with Crippen LogP contribution in [-0.2, 0) is 4.79 Å². The first-order valence-electron chi connectivity index (χ1n) is 5.33. The second kappa shape index (κ2) is 4.91. The highest BCUT2D eigenvalue weighted by atomic mass is 19.1. The van der Waals surface area contributed by atoms with Crippen molar-refractivity contribution in [1.29, 1.82) is 0 Å². The lowest BCUT2D eigenvalue weighted by atomic mass is 10.2. The van der Waals surface area contributed by atoms with Gasteiger partial charge in [-0.1, -0.05) is 12.1 Å². The maximum absolute atomic E-state index is 13.1. The zero-order chi connectivity index (χ0) is 13.1. The van der Waals surface area contributed by atoms with E-state index in [4.69, 9.17) is 5.11 Å². The Morgan fingerprint density at radius 3 is 3.00 bits per heavy atom. The fraction of sp³-hybridized carbons (Fsp3) is 0.273. The van der Waals surface area contributed by atoms with E-state index in [2.05, 4.69) is 15.5 Å². The number of rotatable bonds is 4. The summed E-state index contributed by atoms with van der Waals surface area (Å²) in [4.78, 5) is 10.7. The summed E-state index contributed by atoms with van der Waals surface area (Å²) in [7, 11) is 0. The van der Waals surface area contributed by atoms with Gasteiger partial charge in [0.15, 0.2) is 5.82 Å². The molecule has 0 aliphatic heterocycles. The van der Waals surface area contributed by atoms with Crippen molar-refractivity contribution in [2.24, 2.45) is 0 Å². The maximum atomic E-state index is 13.1. The fourth-order valence-corrected chi connectivity index (χ4v) is 1.65. The van der Waals surface area contributed by atoms with Crippen LogP contribution in [0.5, 0.6) is 0 Å². The summed E-state index contributed by atoms with van der Waals surface area (Å²) >= 11 is 0. The predicted octanol–water partition coefficient (Wildman–Crippen LogP) is 1.51. The molecule has 1 aromatic carbocycles. The molecule has 0 radical (unpaired) electrons. The van der Waals surface area contributed by atoms with Crippen molar-refractivity contribution in [2.75, 3.05) is 0 Å². The van der Waals surface area contributed by atoms with Crippen LogP contribution in [0.3, 0.4) is 0 Å². The van der Waals surface area contributed by atoms with E-state index in [-0.39, 0.29) is 6.42 Å². The predicted molar refractivity (Wildman–Crippen MR) is 60.2 cm³/mol. The molecule has 18 heavy (non-hydrogen) atoms. The quantitative estimate of drug-likeness (QED) is 0.889. The Morgan fingerprint density at radius 2 is 2.33 bits per heavy atom. The zero-order valence-corrected chi connectivity index (χ0v) is 9.62. The number of aliphatic carboxylic acids is 1. The molecule has 1 heterocycles. The summed E-state index contributed by atoms with van der Waals surface area (Å²) in [5, 5.41) is 19.8. The van der Waals surface area contributed by atoms with Crippen molar-refractivity contribution in [1.82, 2.24) is 20.2 Å². The Labute approximate surface area is 102 Å². The van der Waals surface area contributed by atoms with Gasteiger partial charge in [-0.3, -0.25) is 4.79 Å². The third-order valence-corrected chi connectivity index (χ3v) is 2.46. The monoisotopic (exact) mass is 250 g/mol. The van der Waals surface area contributed by atoms with Crippen molar-refractivity contribution in [3.63, 3.8) is 0 Å². The number of carboxylic acids is 1. The topological polar surface area (TPSA) is 80.9 Å². The van der Waals surface area contributed by atoms with Crippen molar-refractivity contribution in [3.05, 3.63) is 30.1 Å². The Balaban J connectivity index is 2.35. The van der Waals surface area contributed by atoms with Gasteiger partial charge in [-0.2, -0.15) is 0 Å². The second-order valence-corrected chi connectivity index (χ2v) is 3.90. The van der Waals surface area contributed by atoms with Crippen LogP contribution in [0.4, 0.5) is 4.39 Å². The van der Waals surface area contributed by atoms with Gasteiger partial charge in [0.05, 0.1) is 12.5 Å². The number of halogens is 1. The number of hydrogen-bond donors (Lipinski definition) is 1. The van der Waals surface area contributed by atoms with Gasteiger partial charge in [0.2, 0.25) is 0 Å². The molecule has 1 atom stereocenters. The number of carboxylic acid groups (broad SMARTS) is 1. The van der Waals surface area contributed by atoms with E-state index in [1.807, 2.05) is 0 Å². The maximum Gasteiger partial charge on any atom is 0.305 e. The summed E-state index contributed by atoms with van der Waals surface area (Å²) in [6.07, 6.45) is -0.104. The van der Waals surface area contributed by atoms with Crippen LogP contribution in [0, 0.1) is 5.82 Å². The fourth-order valence-electron chi connectivity index (χ4n) is 1.65. The van der Waals surface area contributed by atoms with Crippen molar-refractivity contribution in [3.8, 4) is 11.4 Å². The van der Waals surface area contributed by atoms with E-state index in [0.717, 1.165) is 0 Å². The molecule has 0 saturated carbocycles. The van der Waals surface area contributed by atoms with Gasteiger partial charge >= 0.3 is 5.97 Å². The molecule has 0 amide bonds. The molecule has 7 heteroatoms. The van der Waals surface area contributed by atoms with E-state index in [0.29, 0.717) is 11.4 Å². The number of hydrogen-bond acceptors (Lipinski definition) is 4. The Morgan fingerprint density at radius 1 is 1.56 bits per heavy atom. The summed E-state index contributed by atoms with van der Waals surface area (Å²) in [5.74, 6) is -0.987. The number of tetrazole rings is 1. The number of benzene rings is 1. The van der Waals surface area contributed by atoms with Gasteiger partial charge in [0, 0.05) is 5.56 Å². The highest BCUT2D eigenvalue weighted by Crippen LogP contribution is 2.21. The lowest BCUT2D eigenvalue weighted by molar-refractivity contribution is -0.137. The highest BCUT2D eigenvalue weighted by molar-refractivity contribution is 5.67. The first-order chi connectivity index (χ1) is 8.58. The normalized spacial score (nSPS) is 12.3. The minimum atomic E-state index is -0.941. The molecule has 0 spiro atoms. The molecule has 94 valence electrons. The summed E-state index contributed by atoms with van der Waals surface area (Å²) in [6, 6.07) is 5.42. The van der Waals surface area contributed by atoms with Crippen molar-refractivity contribution in [2.45, 2.75) is 19.4 Å². The molecule has 0 aliphatic rings. The zero-order valence-electron chi connectivity index (χ0n) is 9.62. The highest BCUT2D eigenvalue weighted by Gasteiger charge is 2.17. The molecule has 0 saturated heterocycles. The lowest BCUT2D eigenvalue weighted by Gasteiger charge is -2.10. The van der Waals surface area contributed by atoms with Gasteiger partial charge in [-0.25, -0.2) is 9.07 Å². The standard InChI is InChI=1S/C11H11FN4O2/c1-7(5-10(17)18)16-11(13-14-15-16)8-3-2-4-9(12)6-8/h2-4,6-7H,5H2,1H3,(H,17,18). The van der Waals surface area contributed by atoms with Gasteiger partial charge in [0.1, 0.15) is 5.82 Å². The van der Waals surface area contributed by atoms with Crippen LogP contribution in [0.1, 0.15) is 19.4 Å². The summed E-state index contributed by atoms with van der Waals surface area (Å²) in [6.45, 7) is 1.69. The Kier molecular flexibility index (Phi) is 3.31. The first-order valence-corrected chi connectivity index (χ1v) is 5.33. The van der Waals surface area contributed by atoms with Gasteiger partial charge in [0.25, 0.3) is 0 Å². The second-order valence-electron chi connectivity index (χ2n) is 3.90.